The van der Waals surface area contributed by atoms with Gasteiger partial charge in [-0.2, -0.15) is 18.2 Å². The van der Waals surface area contributed by atoms with Gasteiger partial charge in [-0.1, -0.05) is 31.5 Å². The number of alkyl halides is 3. The quantitative estimate of drug-likeness (QED) is 0.346. The molecule has 186 valence electrons. The molecule has 0 bridgehead atoms. The number of halogens is 4. The number of tetrazole rings is 1. The minimum atomic E-state index is -4.45. The van der Waals surface area contributed by atoms with Gasteiger partial charge in [-0.05, 0) is 46.5 Å². The van der Waals surface area contributed by atoms with Crippen LogP contribution in [0.1, 0.15) is 43.1 Å². The number of hydrogen-bond acceptors (Lipinski definition) is 6. The third-order valence-corrected chi connectivity index (χ3v) is 5.72. The van der Waals surface area contributed by atoms with Crippen LogP contribution in [0.4, 0.5) is 13.2 Å². The highest BCUT2D eigenvalue weighted by molar-refractivity contribution is 6.28. The van der Waals surface area contributed by atoms with Crippen LogP contribution in [0.2, 0.25) is 5.28 Å². The van der Waals surface area contributed by atoms with Crippen LogP contribution in [0.5, 0.6) is 0 Å². The van der Waals surface area contributed by atoms with E-state index in [1.54, 1.807) is 6.07 Å². The van der Waals surface area contributed by atoms with Gasteiger partial charge in [0.25, 0.3) is 5.56 Å². The molecule has 0 radical (unpaired) electrons. The molecule has 3 heterocycles. The summed E-state index contributed by atoms with van der Waals surface area (Å²) in [7, 11) is 0. The Morgan fingerprint density at radius 3 is 2.60 bits per heavy atom. The lowest BCUT2D eigenvalue weighted by molar-refractivity contribution is -0.137. The maximum absolute atomic E-state index is 13.0. The number of fused-ring (bicyclic) bond motifs is 1. The second-order valence-corrected chi connectivity index (χ2v) is 8.38. The SMILES string of the molecule is CCCCn1c(=O)n(CCCn2nnnc2Cc2cccc(C(F)(F)F)c2)c(=O)c2[nH]c(Cl)nc21. The summed E-state index contributed by atoms with van der Waals surface area (Å²) in [5, 5.41) is 11.5. The first-order chi connectivity index (χ1) is 16.7. The van der Waals surface area contributed by atoms with Crippen molar-refractivity contribution in [2.75, 3.05) is 0 Å². The first-order valence-electron chi connectivity index (χ1n) is 11.0. The highest BCUT2D eigenvalue weighted by Gasteiger charge is 2.30. The highest BCUT2D eigenvalue weighted by atomic mass is 35.5. The molecule has 0 saturated heterocycles. The van der Waals surface area contributed by atoms with Gasteiger partial charge < -0.3 is 4.98 Å². The predicted molar refractivity (Wildman–Crippen MR) is 121 cm³/mol. The van der Waals surface area contributed by atoms with Gasteiger partial charge in [-0.3, -0.25) is 13.9 Å². The van der Waals surface area contributed by atoms with Crippen LogP contribution < -0.4 is 11.2 Å². The van der Waals surface area contributed by atoms with Crippen molar-refractivity contribution in [3.8, 4) is 0 Å². The highest BCUT2D eigenvalue weighted by Crippen LogP contribution is 2.29. The van der Waals surface area contributed by atoms with Crippen molar-refractivity contribution in [3.63, 3.8) is 0 Å². The van der Waals surface area contributed by atoms with Crippen LogP contribution in [0.15, 0.2) is 33.9 Å². The van der Waals surface area contributed by atoms with Gasteiger partial charge in [0.05, 0.1) is 5.56 Å². The van der Waals surface area contributed by atoms with Crippen molar-refractivity contribution in [2.45, 2.75) is 58.4 Å². The van der Waals surface area contributed by atoms with E-state index in [-0.39, 0.29) is 36.0 Å². The number of rotatable bonds is 9. The zero-order valence-corrected chi connectivity index (χ0v) is 19.5. The standard InChI is InChI=1S/C21H22ClF3N8O2/c1-2-3-8-31-17-16(26-19(22)27-17)18(34)32(20(31)35)9-5-10-33-15(28-29-30-33)12-13-6-4-7-14(11-13)21(23,24)25/h4,6-7,11H,2-3,5,8-10,12H2,1H3,(H,26,27). The molecule has 10 nitrogen and oxygen atoms in total. The van der Waals surface area contributed by atoms with Crippen LogP contribution in [0.25, 0.3) is 11.2 Å². The van der Waals surface area contributed by atoms with Gasteiger partial charge >= 0.3 is 11.9 Å². The van der Waals surface area contributed by atoms with E-state index in [0.29, 0.717) is 24.4 Å². The number of unbranched alkanes of at least 4 members (excludes halogenated alkanes) is 1. The fourth-order valence-electron chi connectivity index (χ4n) is 3.80. The Hall–Kier alpha value is -3.48. The van der Waals surface area contributed by atoms with Crippen molar-refractivity contribution in [1.29, 1.82) is 0 Å². The Balaban J connectivity index is 1.52. The molecule has 0 aliphatic carbocycles. The second-order valence-electron chi connectivity index (χ2n) is 8.02. The second kappa shape index (κ2) is 10.0. The van der Waals surface area contributed by atoms with Crippen molar-refractivity contribution < 1.29 is 13.2 Å². The van der Waals surface area contributed by atoms with Gasteiger partial charge in [0.1, 0.15) is 0 Å². The lowest BCUT2D eigenvalue weighted by atomic mass is 10.1. The molecule has 0 spiro atoms. The Bertz CT molecular complexity index is 1450. The molecule has 1 aromatic carbocycles. The first-order valence-corrected chi connectivity index (χ1v) is 11.4. The topological polar surface area (TPSA) is 116 Å². The van der Waals surface area contributed by atoms with Crippen molar-refractivity contribution >= 4 is 22.8 Å². The Labute approximate surface area is 201 Å². The van der Waals surface area contributed by atoms with Crippen LogP contribution in [-0.4, -0.2) is 39.3 Å². The minimum Gasteiger partial charge on any atom is -0.323 e. The van der Waals surface area contributed by atoms with Gasteiger partial charge in [0, 0.05) is 26.1 Å². The average molecular weight is 511 g/mol. The van der Waals surface area contributed by atoms with Gasteiger partial charge in [0.2, 0.25) is 5.28 Å². The van der Waals surface area contributed by atoms with E-state index in [1.807, 2.05) is 6.92 Å². The first kappa shape index (κ1) is 24.6. The van der Waals surface area contributed by atoms with Crippen molar-refractivity contribution in [3.05, 3.63) is 67.3 Å². The van der Waals surface area contributed by atoms with Gasteiger partial charge in [-0.25, -0.2) is 9.48 Å². The zero-order valence-electron chi connectivity index (χ0n) is 18.7. The number of aryl methyl sites for hydroxylation is 2. The summed E-state index contributed by atoms with van der Waals surface area (Å²) in [6.07, 6.45) is -2.45. The van der Waals surface area contributed by atoms with Gasteiger partial charge in [0.15, 0.2) is 17.0 Å². The third-order valence-electron chi connectivity index (χ3n) is 5.54. The van der Waals surface area contributed by atoms with E-state index in [4.69, 9.17) is 11.6 Å². The maximum Gasteiger partial charge on any atom is 0.416 e. The molecule has 1 N–H and O–H groups in total. The van der Waals surface area contributed by atoms with E-state index >= 15 is 0 Å². The van der Waals surface area contributed by atoms with Crippen LogP contribution >= 0.6 is 11.6 Å². The lowest BCUT2D eigenvalue weighted by Crippen LogP contribution is -2.40. The zero-order chi connectivity index (χ0) is 25.2. The molecule has 0 amide bonds. The number of benzene rings is 1. The Kier molecular flexibility index (Phi) is 7.05. The molecule has 0 unspecified atom stereocenters. The van der Waals surface area contributed by atoms with Crippen molar-refractivity contribution in [2.24, 2.45) is 0 Å². The molecule has 3 aromatic heterocycles. The number of H-pyrrole nitrogens is 1. The summed E-state index contributed by atoms with van der Waals surface area (Å²) < 4.78 is 43.0. The van der Waals surface area contributed by atoms with E-state index in [2.05, 4.69) is 25.5 Å². The van der Waals surface area contributed by atoms with Gasteiger partial charge in [-0.15, -0.1) is 5.10 Å². The van der Waals surface area contributed by atoms with E-state index < -0.39 is 23.0 Å². The van der Waals surface area contributed by atoms with Crippen LogP contribution in [-0.2, 0) is 32.2 Å². The summed E-state index contributed by atoms with van der Waals surface area (Å²) in [5.41, 5.74) is -0.982. The molecule has 0 aliphatic heterocycles. The molecule has 0 saturated carbocycles. The largest absolute Gasteiger partial charge is 0.416 e. The molecular formula is C21H22ClF3N8O2. The Morgan fingerprint density at radius 2 is 1.86 bits per heavy atom. The van der Waals surface area contributed by atoms with E-state index in [9.17, 15) is 22.8 Å². The molecule has 4 aromatic rings. The third kappa shape index (κ3) is 5.29. The minimum absolute atomic E-state index is 0.0208. The maximum atomic E-state index is 13.0. The summed E-state index contributed by atoms with van der Waals surface area (Å²) in [5.74, 6) is 0.368. The summed E-state index contributed by atoms with van der Waals surface area (Å²) in [6, 6.07) is 4.96. The van der Waals surface area contributed by atoms with E-state index in [0.717, 1.165) is 29.5 Å². The molecular weight excluding hydrogens is 489 g/mol. The molecule has 35 heavy (non-hydrogen) atoms. The smallest absolute Gasteiger partial charge is 0.323 e. The van der Waals surface area contributed by atoms with Crippen LogP contribution in [0, 0.1) is 0 Å². The number of nitrogens with one attached hydrogen (secondary N) is 1. The normalized spacial score (nSPS) is 12.0. The van der Waals surface area contributed by atoms with E-state index in [1.165, 1.54) is 15.3 Å². The summed E-state index contributed by atoms with van der Waals surface area (Å²) >= 11 is 5.94. The fraction of sp³-hybridized carbons (Fsp3) is 0.429. The molecule has 4 rings (SSSR count). The molecule has 0 atom stereocenters. The van der Waals surface area contributed by atoms with Crippen molar-refractivity contribution in [1.82, 2.24) is 39.3 Å². The molecule has 0 aliphatic rings. The Morgan fingerprint density at radius 1 is 1.09 bits per heavy atom. The monoisotopic (exact) mass is 510 g/mol. The molecule has 0 fully saturated rings. The number of aromatic amines is 1. The predicted octanol–water partition coefficient (Wildman–Crippen LogP) is 3.03. The lowest BCUT2D eigenvalue weighted by Gasteiger charge is -2.11. The summed E-state index contributed by atoms with van der Waals surface area (Å²) in [6.45, 7) is 2.71. The summed E-state index contributed by atoms with van der Waals surface area (Å²) in [4.78, 5) is 32.7. The molecule has 14 heteroatoms. The average Bonchev–Trinajstić information content (AvgIpc) is 3.42. The number of hydrogen-bond donors (Lipinski definition) is 1. The number of nitrogens with zero attached hydrogens (tertiary/aromatic N) is 7. The fourth-order valence-corrected chi connectivity index (χ4v) is 3.97. The van der Waals surface area contributed by atoms with Crippen LogP contribution in [0.3, 0.4) is 0 Å². The number of imidazole rings is 1. The number of aromatic nitrogens is 8.